The minimum Gasteiger partial charge on any atom is -0.412 e. The second kappa shape index (κ2) is 301. The molecular formula is H15Cl3ErO6. The molecule has 10 heavy (non-hydrogen) atoms. The number of hydrogen-bond donors (Lipinski definition) is 0. The van der Waals surface area contributed by atoms with Crippen LogP contribution >= 0.6 is 37.2 Å². The molecule has 0 amide bonds. The summed E-state index contributed by atoms with van der Waals surface area (Å²) in [4.78, 5) is 0. The van der Waals surface area contributed by atoms with E-state index in [1.165, 1.54) is 0 Å². The van der Waals surface area contributed by atoms with Crippen molar-refractivity contribution in [3.63, 3.8) is 0 Å². The maximum absolute atomic E-state index is 0. The predicted octanol–water partition coefficient (Wildman–Crippen LogP) is -3.68. The summed E-state index contributed by atoms with van der Waals surface area (Å²) >= 11 is 0. The third kappa shape index (κ3) is 221. The Hall–Kier alpha value is 1.88. The maximum Gasteiger partial charge on any atom is 0 e. The van der Waals surface area contributed by atoms with Crippen LogP contribution in [0.2, 0.25) is 0 Å². The van der Waals surface area contributed by atoms with E-state index in [1.807, 2.05) is 0 Å². The smallest absolute Gasteiger partial charge is 0 e. The molecule has 0 saturated carbocycles. The number of rotatable bonds is 0. The molecule has 0 aliphatic rings. The monoisotopic (exact) mass is 382 g/mol. The molecule has 84 valence electrons. The van der Waals surface area contributed by atoms with Crippen molar-refractivity contribution in [1.29, 1.82) is 0 Å². The van der Waals surface area contributed by atoms with Gasteiger partial charge in [-0.15, -0.1) is 37.2 Å². The normalized spacial score (nSPS) is 0. The quantitative estimate of drug-likeness (QED) is 0.398. The van der Waals surface area contributed by atoms with Gasteiger partial charge in [-0.25, -0.2) is 0 Å². The Balaban J connectivity index is 0. The SMILES string of the molecule is Cl.Cl.Cl.O.O.O.O.O.O.[Er]. The summed E-state index contributed by atoms with van der Waals surface area (Å²) in [6.45, 7) is 0. The first-order valence-corrected chi connectivity index (χ1v) is 0. The van der Waals surface area contributed by atoms with Gasteiger partial charge in [-0.1, -0.05) is 0 Å². The molecule has 0 radical (unpaired) electrons. The molecule has 0 unspecified atom stereocenters. The largest absolute Gasteiger partial charge is 0.412 e. The van der Waals surface area contributed by atoms with Gasteiger partial charge in [-0.05, 0) is 0 Å². The minimum atomic E-state index is 0. The van der Waals surface area contributed by atoms with E-state index in [-0.39, 0.29) is 107 Å². The van der Waals surface area contributed by atoms with Gasteiger partial charge in [0, 0.05) is 37.3 Å². The van der Waals surface area contributed by atoms with Crippen LogP contribution in [-0.4, -0.2) is 32.9 Å². The molecule has 0 fully saturated rings. The van der Waals surface area contributed by atoms with Crippen LogP contribution in [0.25, 0.3) is 0 Å². The first-order chi connectivity index (χ1) is 0. The molecule has 0 heterocycles. The van der Waals surface area contributed by atoms with Crippen LogP contribution in [0.1, 0.15) is 0 Å². The van der Waals surface area contributed by atoms with Gasteiger partial charge in [0.25, 0.3) is 0 Å². The first kappa shape index (κ1) is 399. The van der Waals surface area contributed by atoms with E-state index >= 15 is 0 Å². The van der Waals surface area contributed by atoms with Crippen LogP contribution in [0, 0.1) is 37.3 Å². The van der Waals surface area contributed by atoms with E-state index in [4.69, 9.17) is 0 Å². The molecule has 6 nitrogen and oxygen atoms in total. The van der Waals surface area contributed by atoms with Crippen LogP contribution in [0.3, 0.4) is 0 Å². The van der Waals surface area contributed by atoms with Crippen molar-refractivity contribution in [2.75, 3.05) is 0 Å². The van der Waals surface area contributed by atoms with Gasteiger partial charge >= 0.3 is 0 Å². The summed E-state index contributed by atoms with van der Waals surface area (Å²) < 4.78 is 0. The fraction of sp³-hybridized carbons (Fsp3) is 0. The molecule has 0 spiro atoms. The molecule has 10 heteroatoms. The summed E-state index contributed by atoms with van der Waals surface area (Å²) in [5, 5.41) is 0. The molecule has 12 N–H and O–H groups in total. The molecule has 0 saturated heterocycles. The molecule has 0 aromatic heterocycles. The Morgan fingerprint density at radius 2 is 0.300 bits per heavy atom. The third-order valence-corrected chi connectivity index (χ3v) is 0. The molecule has 0 aliphatic heterocycles. The van der Waals surface area contributed by atoms with Crippen LogP contribution in [0.5, 0.6) is 0 Å². The molecular weight excluding hydrogens is 370 g/mol. The Bertz CT molecular complexity index is 13.0. The Morgan fingerprint density at radius 3 is 0.300 bits per heavy atom. The van der Waals surface area contributed by atoms with Gasteiger partial charge in [0.05, 0.1) is 0 Å². The van der Waals surface area contributed by atoms with Gasteiger partial charge in [0.1, 0.15) is 0 Å². The second-order valence-corrected chi connectivity index (χ2v) is 0. The molecule has 0 aliphatic carbocycles. The fourth-order valence-electron chi connectivity index (χ4n) is 0. The fourth-order valence-corrected chi connectivity index (χ4v) is 0. The Morgan fingerprint density at radius 1 is 0.300 bits per heavy atom. The third-order valence-electron chi connectivity index (χ3n) is 0. The van der Waals surface area contributed by atoms with Crippen molar-refractivity contribution in [3.05, 3.63) is 0 Å². The minimum absolute atomic E-state index is 0. The Labute approximate surface area is 106 Å². The number of hydrogen-bond acceptors (Lipinski definition) is 0. The van der Waals surface area contributed by atoms with Gasteiger partial charge in [-0.2, -0.15) is 0 Å². The first-order valence-electron chi connectivity index (χ1n) is 0. The summed E-state index contributed by atoms with van der Waals surface area (Å²) in [5.74, 6) is 0. The molecule has 0 aromatic carbocycles. The molecule has 0 rings (SSSR count). The van der Waals surface area contributed by atoms with E-state index in [0.29, 0.717) is 0 Å². The van der Waals surface area contributed by atoms with Crippen LogP contribution < -0.4 is 0 Å². The molecule has 0 bridgehead atoms. The van der Waals surface area contributed by atoms with Gasteiger partial charge < -0.3 is 32.9 Å². The summed E-state index contributed by atoms with van der Waals surface area (Å²) in [5.41, 5.74) is 0. The van der Waals surface area contributed by atoms with Crippen molar-refractivity contribution in [1.82, 2.24) is 0 Å². The standard InChI is InChI=1S/3ClH.Er.6H2O/h3*1H;;6*1H2. The topological polar surface area (TPSA) is 189 Å². The van der Waals surface area contributed by atoms with E-state index in [0.717, 1.165) is 0 Å². The van der Waals surface area contributed by atoms with Crippen molar-refractivity contribution in [2.24, 2.45) is 0 Å². The van der Waals surface area contributed by atoms with Gasteiger partial charge in [0.15, 0.2) is 0 Å². The summed E-state index contributed by atoms with van der Waals surface area (Å²) in [7, 11) is 0. The Kier molecular flexibility index (Phi) is 12000. The predicted molar refractivity (Wildman–Crippen MR) is 43.4 cm³/mol. The van der Waals surface area contributed by atoms with Crippen molar-refractivity contribution in [3.8, 4) is 0 Å². The van der Waals surface area contributed by atoms with Crippen molar-refractivity contribution in [2.45, 2.75) is 0 Å². The van der Waals surface area contributed by atoms with Gasteiger partial charge in [0.2, 0.25) is 0 Å². The summed E-state index contributed by atoms with van der Waals surface area (Å²) in [6.07, 6.45) is 0. The average molecular weight is 385 g/mol. The number of halogens is 3. The van der Waals surface area contributed by atoms with E-state index in [9.17, 15) is 0 Å². The van der Waals surface area contributed by atoms with Crippen LogP contribution in [-0.2, 0) is 0 Å². The van der Waals surface area contributed by atoms with E-state index in [2.05, 4.69) is 0 Å². The van der Waals surface area contributed by atoms with E-state index < -0.39 is 0 Å². The van der Waals surface area contributed by atoms with Crippen LogP contribution in [0.15, 0.2) is 0 Å². The molecule has 0 aromatic rings. The van der Waals surface area contributed by atoms with Crippen LogP contribution in [0.4, 0.5) is 0 Å². The average Bonchev–Trinajstić information content (AvgIpc) is 0. The van der Waals surface area contributed by atoms with Crippen molar-refractivity contribution >= 4 is 37.2 Å². The zero-order chi connectivity index (χ0) is 0. The zero-order valence-electron chi connectivity index (χ0n) is 4.51. The van der Waals surface area contributed by atoms with E-state index in [1.54, 1.807) is 0 Å². The maximum atomic E-state index is 0. The second-order valence-electron chi connectivity index (χ2n) is 0. The summed E-state index contributed by atoms with van der Waals surface area (Å²) in [6, 6.07) is 0. The van der Waals surface area contributed by atoms with Crippen molar-refractivity contribution < 1.29 is 70.2 Å². The van der Waals surface area contributed by atoms with Gasteiger partial charge in [-0.3, -0.25) is 0 Å². The zero-order valence-corrected chi connectivity index (χ0v) is 8.82. The molecule has 0 atom stereocenters.